The van der Waals surface area contributed by atoms with Crippen molar-refractivity contribution in [3.8, 4) is 0 Å². The minimum atomic E-state index is 0.149. The van der Waals surface area contributed by atoms with Gasteiger partial charge in [-0.05, 0) is 43.3 Å². The van der Waals surface area contributed by atoms with E-state index in [1.165, 1.54) is 43.6 Å². The van der Waals surface area contributed by atoms with E-state index in [2.05, 4.69) is 9.69 Å². The van der Waals surface area contributed by atoms with Gasteiger partial charge in [-0.2, -0.15) is 4.37 Å². The summed E-state index contributed by atoms with van der Waals surface area (Å²) in [4.78, 5) is 11.8. The molecule has 1 aliphatic rings. The van der Waals surface area contributed by atoms with E-state index >= 15 is 0 Å². The van der Waals surface area contributed by atoms with Crippen molar-refractivity contribution in [2.75, 3.05) is 5.32 Å². The Hall–Kier alpha value is -0.900. The number of carbonyl (C=O) groups is 1. The van der Waals surface area contributed by atoms with E-state index in [-0.39, 0.29) is 5.91 Å². The highest BCUT2D eigenvalue weighted by Gasteiger charge is 2.17. The second kappa shape index (κ2) is 5.43. The Morgan fingerprint density at radius 1 is 1.50 bits per heavy atom. The molecule has 1 aliphatic carbocycles. The lowest BCUT2D eigenvalue weighted by atomic mass is 9.87. The molecule has 88 valence electrons. The van der Waals surface area contributed by atoms with E-state index in [4.69, 9.17) is 0 Å². The van der Waals surface area contributed by atoms with Gasteiger partial charge in [0.25, 0.3) is 0 Å². The van der Waals surface area contributed by atoms with Gasteiger partial charge in [0.15, 0.2) is 0 Å². The standard InChI is InChI=1S/C12H18N2OS/c1-9-7-12(16-14-9)13-11(15)8-10-5-3-2-4-6-10/h7,10H,2-6,8H2,1H3,(H,13,15). The second-order valence-corrected chi connectivity index (χ2v) is 5.39. The number of aromatic nitrogens is 1. The van der Waals surface area contributed by atoms with E-state index in [1.54, 1.807) is 0 Å². The average Bonchev–Trinajstić information content (AvgIpc) is 2.65. The Balaban J connectivity index is 1.79. The van der Waals surface area contributed by atoms with Crippen LogP contribution in [0.2, 0.25) is 0 Å². The Bertz CT molecular complexity index is 356. The molecule has 1 amide bonds. The maximum absolute atomic E-state index is 11.8. The molecule has 1 heterocycles. The van der Waals surface area contributed by atoms with Crippen LogP contribution in [0.15, 0.2) is 6.07 Å². The summed E-state index contributed by atoms with van der Waals surface area (Å²) in [6, 6.07) is 1.92. The normalized spacial score (nSPS) is 17.3. The van der Waals surface area contributed by atoms with Crippen LogP contribution in [0.25, 0.3) is 0 Å². The van der Waals surface area contributed by atoms with Gasteiger partial charge in [0.05, 0.1) is 5.69 Å². The Labute approximate surface area is 100 Å². The molecule has 0 saturated heterocycles. The van der Waals surface area contributed by atoms with Crippen molar-refractivity contribution in [1.29, 1.82) is 0 Å². The highest BCUT2D eigenvalue weighted by Crippen LogP contribution is 2.27. The molecule has 4 heteroatoms. The summed E-state index contributed by atoms with van der Waals surface area (Å²) in [5.74, 6) is 0.748. The average molecular weight is 238 g/mol. The maximum Gasteiger partial charge on any atom is 0.225 e. The van der Waals surface area contributed by atoms with Crippen molar-refractivity contribution in [3.05, 3.63) is 11.8 Å². The Kier molecular flexibility index (Phi) is 3.93. The number of anilines is 1. The van der Waals surface area contributed by atoms with Gasteiger partial charge in [0.1, 0.15) is 5.00 Å². The lowest BCUT2D eigenvalue weighted by Gasteiger charge is -2.20. The first-order valence-corrected chi connectivity index (χ1v) is 6.74. The summed E-state index contributed by atoms with van der Waals surface area (Å²) in [5.41, 5.74) is 0.970. The molecular formula is C12H18N2OS. The van der Waals surface area contributed by atoms with Gasteiger partial charge in [-0.15, -0.1) is 0 Å². The lowest BCUT2D eigenvalue weighted by Crippen LogP contribution is -2.17. The number of hydrogen-bond acceptors (Lipinski definition) is 3. The van der Waals surface area contributed by atoms with Crippen LogP contribution in [-0.2, 0) is 4.79 Å². The maximum atomic E-state index is 11.8. The monoisotopic (exact) mass is 238 g/mol. The molecule has 0 radical (unpaired) electrons. The summed E-state index contributed by atoms with van der Waals surface area (Å²) in [5, 5.41) is 3.80. The zero-order chi connectivity index (χ0) is 11.4. The number of amides is 1. The van der Waals surface area contributed by atoms with E-state index in [0.29, 0.717) is 12.3 Å². The van der Waals surface area contributed by atoms with Gasteiger partial charge in [-0.1, -0.05) is 19.3 Å². The lowest BCUT2D eigenvalue weighted by molar-refractivity contribution is -0.117. The third kappa shape index (κ3) is 3.30. The van der Waals surface area contributed by atoms with Crippen LogP contribution < -0.4 is 5.32 Å². The first-order valence-electron chi connectivity index (χ1n) is 5.97. The smallest absolute Gasteiger partial charge is 0.225 e. The zero-order valence-electron chi connectivity index (χ0n) is 9.66. The van der Waals surface area contributed by atoms with Crippen molar-refractivity contribution in [2.45, 2.75) is 45.4 Å². The van der Waals surface area contributed by atoms with Crippen LogP contribution in [0, 0.1) is 12.8 Å². The van der Waals surface area contributed by atoms with Crippen LogP contribution in [-0.4, -0.2) is 10.3 Å². The molecule has 0 spiro atoms. The van der Waals surface area contributed by atoms with E-state index in [1.807, 2.05) is 13.0 Å². The van der Waals surface area contributed by atoms with Gasteiger partial charge in [-0.3, -0.25) is 4.79 Å². The molecule has 0 bridgehead atoms. The van der Waals surface area contributed by atoms with Gasteiger partial charge < -0.3 is 5.32 Å². The fourth-order valence-electron chi connectivity index (χ4n) is 2.26. The number of nitrogens with one attached hydrogen (secondary N) is 1. The summed E-state index contributed by atoms with van der Waals surface area (Å²) >= 11 is 1.36. The Morgan fingerprint density at radius 3 is 2.88 bits per heavy atom. The molecule has 1 fully saturated rings. The fraction of sp³-hybridized carbons (Fsp3) is 0.667. The number of rotatable bonds is 3. The van der Waals surface area contributed by atoms with Gasteiger partial charge in [0.2, 0.25) is 5.91 Å². The van der Waals surface area contributed by atoms with Crippen LogP contribution in [0.1, 0.15) is 44.2 Å². The molecule has 0 aromatic carbocycles. The van der Waals surface area contributed by atoms with Crippen LogP contribution in [0.4, 0.5) is 5.00 Å². The molecule has 0 unspecified atom stereocenters. The van der Waals surface area contributed by atoms with Gasteiger partial charge in [-0.25, -0.2) is 0 Å². The topological polar surface area (TPSA) is 42.0 Å². The van der Waals surface area contributed by atoms with Crippen molar-refractivity contribution in [2.24, 2.45) is 5.92 Å². The zero-order valence-corrected chi connectivity index (χ0v) is 10.5. The number of carbonyl (C=O) groups excluding carboxylic acids is 1. The number of hydrogen-bond donors (Lipinski definition) is 1. The van der Waals surface area contributed by atoms with Crippen molar-refractivity contribution in [3.63, 3.8) is 0 Å². The third-order valence-corrected chi connectivity index (χ3v) is 3.89. The number of nitrogens with zero attached hydrogens (tertiary/aromatic N) is 1. The summed E-state index contributed by atoms with van der Waals surface area (Å²) in [7, 11) is 0. The van der Waals surface area contributed by atoms with Gasteiger partial charge in [0, 0.05) is 6.42 Å². The first kappa shape index (κ1) is 11.6. The fourth-order valence-corrected chi connectivity index (χ4v) is 2.94. The largest absolute Gasteiger partial charge is 0.316 e. The van der Waals surface area contributed by atoms with Gasteiger partial charge >= 0.3 is 0 Å². The van der Waals surface area contributed by atoms with Crippen molar-refractivity contribution < 1.29 is 4.79 Å². The van der Waals surface area contributed by atoms with E-state index < -0.39 is 0 Å². The summed E-state index contributed by atoms with van der Waals surface area (Å²) in [6.45, 7) is 1.94. The molecule has 1 N–H and O–H groups in total. The molecule has 2 rings (SSSR count). The Morgan fingerprint density at radius 2 is 2.25 bits per heavy atom. The van der Waals surface area contributed by atoms with Crippen LogP contribution >= 0.6 is 11.5 Å². The first-order chi connectivity index (χ1) is 7.74. The molecule has 1 aromatic heterocycles. The SMILES string of the molecule is Cc1cc(NC(=O)CC2CCCCC2)sn1. The number of aryl methyl sites for hydroxylation is 1. The predicted molar refractivity (Wildman–Crippen MR) is 66.7 cm³/mol. The highest BCUT2D eigenvalue weighted by atomic mass is 32.1. The molecule has 0 atom stereocenters. The molecular weight excluding hydrogens is 220 g/mol. The summed E-state index contributed by atoms with van der Waals surface area (Å²) in [6.07, 6.45) is 7.03. The molecule has 1 aromatic rings. The molecule has 0 aliphatic heterocycles. The molecule has 3 nitrogen and oxygen atoms in total. The molecule has 1 saturated carbocycles. The van der Waals surface area contributed by atoms with Crippen molar-refractivity contribution in [1.82, 2.24) is 4.37 Å². The highest BCUT2D eigenvalue weighted by molar-refractivity contribution is 7.10. The molecule has 16 heavy (non-hydrogen) atoms. The van der Waals surface area contributed by atoms with Crippen LogP contribution in [0.3, 0.4) is 0 Å². The van der Waals surface area contributed by atoms with Crippen LogP contribution in [0.5, 0.6) is 0 Å². The van der Waals surface area contributed by atoms with E-state index in [9.17, 15) is 4.79 Å². The van der Waals surface area contributed by atoms with Crippen molar-refractivity contribution >= 4 is 22.4 Å². The minimum Gasteiger partial charge on any atom is -0.316 e. The third-order valence-electron chi connectivity index (χ3n) is 3.09. The minimum absolute atomic E-state index is 0.149. The quantitative estimate of drug-likeness (QED) is 0.877. The second-order valence-electron chi connectivity index (χ2n) is 4.59. The predicted octanol–water partition coefficient (Wildman–Crippen LogP) is 3.36. The van der Waals surface area contributed by atoms with E-state index in [0.717, 1.165) is 10.7 Å². The summed E-state index contributed by atoms with van der Waals surface area (Å²) < 4.78 is 4.14.